The molecule has 5 amide bonds. The monoisotopic (exact) mass is 655 g/mol. The molecule has 0 unspecified atom stereocenters. The summed E-state index contributed by atoms with van der Waals surface area (Å²) in [7, 11) is 1.53. The molecule has 0 saturated carbocycles. The van der Waals surface area contributed by atoms with Crippen LogP contribution in [0.15, 0.2) is 48.8 Å². The fourth-order valence-corrected chi connectivity index (χ4v) is 4.37. The third kappa shape index (κ3) is 11.7. The summed E-state index contributed by atoms with van der Waals surface area (Å²) in [5, 5.41) is 20.7. The summed E-state index contributed by atoms with van der Waals surface area (Å²) in [6.07, 6.45) is 2.14. The van der Waals surface area contributed by atoms with Gasteiger partial charge in [-0.15, -0.1) is 0 Å². The van der Waals surface area contributed by atoms with Gasteiger partial charge in [0.2, 0.25) is 5.91 Å². The number of nitrogens with one attached hydrogen (secondary N) is 4. The predicted molar refractivity (Wildman–Crippen MR) is 172 cm³/mol. The number of pyridine rings is 2. The molecule has 0 spiro atoms. The summed E-state index contributed by atoms with van der Waals surface area (Å²) >= 11 is 0. The second kappa shape index (κ2) is 17.0. The van der Waals surface area contributed by atoms with Crippen LogP contribution in [0.2, 0.25) is 0 Å². The van der Waals surface area contributed by atoms with Gasteiger partial charge >= 0.3 is 18.2 Å². The molecule has 2 aromatic heterocycles. The minimum absolute atomic E-state index is 0.0760. The third-order valence-corrected chi connectivity index (χ3v) is 7.01. The van der Waals surface area contributed by atoms with E-state index >= 15 is 0 Å². The largest absolute Gasteiger partial charge is 0.447 e. The number of anilines is 1. The fraction of sp³-hybridized carbons (Fsp3) is 0.438. The summed E-state index contributed by atoms with van der Waals surface area (Å²) in [5.41, 5.74) is 0.902. The summed E-state index contributed by atoms with van der Waals surface area (Å²) in [6, 6.07) is 7.49. The van der Waals surface area contributed by atoms with E-state index in [2.05, 4.69) is 31.2 Å². The molecular weight excluding hydrogens is 613 g/mol. The van der Waals surface area contributed by atoms with E-state index in [0.29, 0.717) is 29.5 Å². The molecule has 0 fully saturated rings. The van der Waals surface area contributed by atoms with Gasteiger partial charge in [-0.25, -0.2) is 23.8 Å². The maximum absolute atomic E-state index is 14.0. The lowest BCUT2D eigenvalue weighted by atomic mass is 10.1. The van der Waals surface area contributed by atoms with Crippen molar-refractivity contribution in [2.75, 3.05) is 32.1 Å². The first-order chi connectivity index (χ1) is 22.3. The summed E-state index contributed by atoms with van der Waals surface area (Å²) in [6.45, 7) is 5.99. The molecule has 0 radical (unpaired) electrons. The number of hydrogen-bond acceptors (Lipinski definition) is 9. The molecule has 254 valence electrons. The molecule has 47 heavy (non-hydrogen) atoms. The average molecular weight is 656 g/mol. The van der Waals surface area contributed by atoms with Crippen LogP contribution < -0.4 is 21.3 Å². The number of rotatable bonds is 13. The number of likely N-dealkylation sites (N-methyl/N-ethyl adjacent to an activating group) is 1. The zero-order valence-corrected chi connectivity index (χ0v) is 27.1. The minimum Gasteiger partial charge on any atom is -0.447 e. The number of ether oxygens (including phenoxy) is 2. The van der Waals surface area contributed by atoms with Crippen LogP contribution in [0.4, 0.5) is 24.6 Å². The highest BCUT2D eigenvalue weighted by atomic mass is 19.1. The van der Waals surface area contributed by atoms with Crippen molar-refractivity contribution >= 4 is 40.8 Å². The van der Waals surface area contributed by atoms with Crippen molar-refractivity contribution in [2.24, 2.45) is 0 Å². The maximum Gasteiger partial charge on any atom is 0.412 e. The van der Waals surface area contributed by atoms with E-state index in [1.807, 2.05) is 6.07 Å². The first kappa shape index (κ1) is 36.4. The van der Waals surface area contributed by atoms with E-state index in [9.17, 15) is 28.7 Å². The number of urea groups is 1. The molecule has 0 bridgehead atoms. The number of aromatic nitrogens is 2. The number of hydrogen-bond donors (Lipinski definition) is 5. The highest BCUT2D eigenvalue weighted by Crippen LogP contribution is 2.15. The van der Waals surface area contributed by atoms with Crippen molar-refractivity contribution in [3.8, 4) is 0 Å². The average Bonchev–Trinajstić information content (AvgIpc) is 3.02. The van der Waals surface area contributed by atoms with Crippen molar-refractivity contribution in [3.05, 3.63) is 65.7 Å². The molecule has 2 heterocycles. The second-order valence-electron chi connectivity index (χ2n) is 11.8. The zero-order chi connectivity index (χ0) is 34.6. The number of carbonyl (C=O) groups is 4. The van der Waals surface area contributed by atoms with Gasteiger partial charge in [-0.3, -0.25) is 15.1 Å². The minimum atomic E-state index is -1.23. The van der Waals surface area contributed by atoms with Crippen LogP contribution in [-0.2, 0) is 20.8 Å². The Morgan fingerprint density at radius 1 is 1.06 bits per heavy atom. The lowest BCUT2D eigenvalue weighted by Crippen LogP contribution is -2.50. The molecule has 0 saturated heterocycles. The Kier molecular flexibility index (Phi) is 13.2. The van der Waals surface area contributed by atoms with E-state index in [1.165, 1.54) is 24.2 Å². The van der Waals surface area contributed by atoms with Gasteiger partial charge in [0, 0.05) is 31.7 Å². The standard InChI is InChI=1S/C32H42FN7O7/c1-20-22(9-6-12-24(20)33)16-37-29(43)40(5)23(11-8-14-35-28(42)26(18-41)38-31(45)47-32(2,3)4)19-46-30(44)39-27-15-21-10-7-13-34-25(21)17-36-27/h6-7,9-10,12-13,15,17,23,26,41H,8,11,14,16,18-19H2,1-5H3,(H,35,42)(H,37,43)(H,38,45)(H,36,39,44)/t23-,26-/m0/s1. The van der Waals surface area contributed by atoms with Crippen molar-refractivity contribution < 1.29 is 38.1 Å². The van der Waals surface area contributed by atoms with E-state index < -0.39 is 48.4 Å². The van der Waals surface area contributed by atoms with Crippen LogP contribution in [0.5, 0.6) is 0 Å². The highest BCUT2D eigenvalue weighted by molar-refractivity contribution is 5.88. The third-order valence-electron chi connectivity index (χ3n) is 7.01. The topological polar surface area (TPSA) is 184 Å². The Hall–Kier alpha value is -5.05. The Bertz CT molecular complexity index is 1550. The van der Waals surface area contributed by atoms with Gasteiger partial charge in [0.05, 0.1) is 24.4 Å². The van der Waals surface area contributed by atoms with Crippen LogP contribution in [0.3, 0.4) is 0 Å². The number of halogens is 1. The van der Waals surface area contributed by atoms with Crippen LogP contribution >= 0.6 is 0 Å². The Morgan fingerprint density at radius 3 is 2.55 bits per heavy atom. The van der Waals surface area contributed by atoms with E-state index in [4.69, 9.17) is 9.47 Å². The Labute approximate surface area is 272 Å². The number of aliphatic hydroxyl groups excluding tert-OH is 1. The fourth-order valence-electron chi connectivity index (χ4n) is 4.37. The molecule has 3 aromatic rings. The molecule has 2 atom stereocenters. The maximum atomic E-state index is 14.0. The summed E-state index contributed by atoms with van der Waals surface area (Å²) in [4.78, 5) is 60.1. The van der Waals surface area contributed by atoms with Gasteiger partial charge in [-0.2, -0.15) is 0 Å². The van der Waals surface area contributed by atoms with E-state index in [-0.39, 0.29) is 31.3 Å². The van der Waals surface area contributed by atoms with E-state index in [0.717, 1.165) is 5.39 Å². The quantitative estimate of drug-likeness (QED) is 0.172. The highest BCUT2D eigenvalue weighted by Gasteiger charge is 2.25. The first-order valence-electron chi connectivity index (χ1n) is 15.0. The normalized spacial score (nSPS) is 12.4. The van der Waals surface area contributed by atoms with Crippen LogP contribution in [0.25, 0.3) is 10.9 Å². The lowest BCUT2D eigenvalue weighted by molar-refractivity contribution is -0.124. The van der Waals surface area contributed by atoms with Crippen molar-refractivity contribution in [2.45, 2.75) is 64.8 Å². The number of amides is 5. The molecule has 1 aromatic carbocycles. The number of nitrogens with zero attached hydrogens (tertiary/aromatic N) is 3. The van der Waals surface area contributed by atoms with Gasteiger partial charge in [0.25, 0.3) is 0 Å². The molecule has 5 N–H and O–H groups in total. The predicted octanol–water partition coefficient (Wildman–Crippen LogP) is 3.62. The van der Waals surface area contributed by atoms with Gasteiger partial charge in [-0.05, 0) is 69.9 Å². The Balaban J connectivity index is 1.59. The van der Waals surface area contributed by atoms with E-state index in [1.54, 1.807) is 58.2 Å². The molecule has 3 rings (SSSR count). The second-order valence-corrected chi connectivity index (χ2v) is 11.8. The van der Waals surface area contributed by atoms with Crippen molar-refractivity contribution in [1.82, 2.24) is 30.8 Å². The molecule has 15 heteroatoms. The molecule has 0 aliphatic heterocycles. The molecule has 14 nitrogen and oxygen atoms in total. The smallest absolute Gasteiger partial charge is 0.412 e. The molecular formula is C32H42FN7O7. The van der Waals surface area contributed by atoms with Crippen LogP contribution in [-0.4, -0.2) is 88.6 Å². The zero-order valence-electron chi connectivity index (χ0n) is 27.1. The number of alkyl carbamates (subject to hydrolysis) is 1. The van der Waals surface area contributed by atoms with Crippen LogP contribution in [0.1, 0.15) is 44.7 Å². The van der Waals surface area contributed by atoms with Crippen LogP contribution in [0, 0.1) is 12.7 Å². The van der Waals surface area contributed by atoms with Gasteiger partial charge in [0.15, 0.2) is 0 Å². The Morgan fingerprint density at radius 2 is 1.83 bits per heavy atom. The number of aliphatic hydroxyl groups is 1. The first-order valence-corrected chi connectivity index (χ1v) is 15.0. The van der Waals surface area contributed by atoms with Gasteiger partial charge in [-0.1, -0.05) is 18.2 Å². The lowest BCUT2D eigenvalue weighted by Gasteiger charge is -2.28. The SMILES string of the molecule is Cc1c(F)cccc1CNC(=O)N(C)[C@@H](CCCNC(=O)[C@H](CO)NC(=O)OC(C)(C)C)COC(=O)Nc1cc2cccnc2cn1. The summed E-state index contributed by atoms with van der Waals surface area (Å²) < 4.78 is 24.6. The molecule has 0 aliphatic rings. The number of carbonyl (C=O) groups excluding carboxylic acids is 4. The summed E-state index contributed by atoms with van der Waals surface area (Å²) in [5.74, 6) is -0.753. The van der Waals surface area contributed by atoms with Crippen molar-refractivity contribution in [1.29, 1.82) is 0 Å². The number of benzene rings is 1. The van der Waals surface area contributed by atoms with Gasteiger partial charge in [0.1, 0.15) is 29.9 Å². The molecule has 0 aliphatic carbocycles. The van der Waals surface area contributed by atoms with Gasteiger partial charge < -0.3 is 35.4 Å². The van der Waals surface area contributed by atoms with Crippen molar-refractivity contribution in [3.63, 3.8) is 0 Å². The number of fused-ring (bicyclic) bond motifs is 1.